The van der Waals surface area contributed by atoms with E-state index in [1.54, 1.807) is 35.2 Å². The van der Waals surface area contributed by atoms with Crippen molar-refractivity contribution < 1.29 is 19.1 Å². The Hall–Kier alpha value is -2.15. The molecule has 1 N–H and O–H groups in total. The number of amides is 1. The second-order valence-corrected chi connectivity index (χ2v) is 7.80. The Balaban J connectivity index is 1.69. The van der Waals surface area contributed by atoms with Crippen molar-refractivity contribution >= 4 is 35.1 Å². The Morgan fingerprint density at radius 1 is 1.03 bits per heavy atom. The van der Waals surface area contributed by atoms with Crippen molar-refractivity contribution in [2.75, 3.05) is 26.2 Å². The van der Waals surface area contributed by atoms with Crippen molar-refractivity contribution in [2.24, 2.45) is 0 Å². The van der Waals surface area contributed by atoms with Gasteiger partial charge >= 0.3 is 5.97 Å². The lowest BCUT2D eigenvalue weighted by atomic mass is 9.99. The molecule has 0 radical (unpaired) electrons. The van der Waals surface area contributed by atoms with Crippen LogP contribution in [0.2, 0.25) is 10.0 Å². The van der Waals surface area contributed by atoms with Crippen LogP contribution in [0, 0.1) is 5.82 Å². The van der Waals surface area contributed by atoms with Gasteiger partial charge < -0.3 is 10.0 Å². The predicted molar refractivity (Wildman–Crippen MR) is 110 cm³/mol. The molecule has 0 saturated carbocycles. The Morgan fingerprint density at radius 2 is 1.69 bits per heavy atom. The number of piperazine rings is 1. The van der Waals surface area contributed by atoms with Crippen LogP contribution in [0.1, 0.15) is 34.8 Å². The Kier molecular flexibility index (Phi) is 7.11. The topological polar surface area (TPSA) is 60.9 Å². The van der Waals surface area contributed by atoms with Crippen molar-refractivity contribution in [1.82, 2.24) is 9.80 Å². The smallest absolute Gasteiger partial charge is 0.303 e. The summed E-state index contributed by atoms with van der Waals surface area (Å²) in [5, 5.41) is 9.87. The molecule has 0 aliphatic carbocycles. The van der Waals surface area contributed by atoms with E-state index >= 15 is 0 Å². The zero-order valence-corrected chi connectivity index (χ0v) is 17.2. The van der Waals surface area contributed by atoms with E-state index in [4.69, 9.17) is 28.3 Å². The van der Waals surface area contributed by atoms with Crippen LogP contribution < -0.4 is 0 Å². The summed E-state index contributed by atoms with van der Waals surface area (Å²) < 4.78 is 13.3. The third kappa shape index (κ3) is 5.47. The standard InChI is InChI=1S/C21H21Cl2FN2O3/c22-15-3-6-17(18(23)13-15)21(29)26-11-9-25(10-12-26)19(7-8-20(27)28)14-1-4-16(24)5-2-14/h1-6,13,19H,7-12H2,(H,27,28)/t19-/m1/s1. The van der Waals surface area contributed by atoms with E-state index in [-0.39, 0.29) is 24.2 Å². The number of carbonyl (C=O) groups excluding carboxylic acids is 1. The molecule has 5 nitrogen and oxygen atoms in total. The molecule has 1 amide bonds. The van der Waals surface area contributed by atoms with Gasteiger partial charge in [-0.05, 0) is 42.3 Å². The normalized spacial score (nSPS) is 15.9. The minimum atomic E-state index is -0.872. The van der Waals surface area contributed by atoms with E-state index in [1.165, 1.54) is 12.1 Å². The highest BCUT2D eigenvalue weighted by Crippen LogP contribution is 2.28. The van der Waals surface area contributed by atoms with Crippen LogP contribution in [0.4, 0.5) is 4.39 Å². The molecule has 2 aromatic carbocycles. The average molecular weight is 439 g/mol. The van der Waals surface area contributed by atoms with Crippen LogP contribution in [0.15, 0.2) is 42.5 Å². The lowest BCUT2D eigenvalue weighted by Crippen LogP contribution is -2.49. The molecular formula is C21H21Cl2FN2O3. The third-order valence-corrected chi connectivity index (χ3v) is 5.64. The maximum Gasteiger partial charge on any atom is 0.303 e. The molecule has 0 aromatic heterocycles. The SMILES string of the molecule is O=C(O)CC[C@H](c1ccc(F)cc1)N1CCN(C(=O)c2ccc(Cl)cc2Cl)CC1. The molecule has 8 heteroatoms. The monoisotopic (exact) mass is 438 g/mol. The Labute approximate surface area is 178 Å². The summed E-state index contributed by atoms with van der Waals surface area (Å²) in [7, 11) is 0. The summed E-state index contributed by atoms with van der Waals surface area (Å²) in [4.78, 5) is 27.7. The van der Waals surface area contributed by atoms with Gasteiger partial charge in [-0.1, -0.05) is 35.3 Å². The maximum absolute atomic E-state index is 13.3. The highest BCUT2D eigenvalue weighted by molar-refractivity contribution is 6.36. The highest BCUT2D eigenvalue weighted by Gasteiger charge is 2.28. The van der Waals surface area contributed by atoms with Crippen molar-refractivity contribution in [3.05, 3.63) is 69.5 Å². The second kappa shape index (κ2) is 9.57. The number of rotatable bonds is 6. The minimum Gasteiger partial charge on any atom is -0.481 e. The quantitative estimate of drug-likeness (QED) is 0.721. The molecule has 1 fully saturated rings. The number of aliphatic carboxylic acids is 1. The third-order valence-electron chi connectivity index (χ3n) is 5.09. The summed E-state index contributed by atoms with van der Waals surface area (Å²) in [6.45, 7) is 2.14. The molecule has 3 rings (SSSR count). The number of nitrogens with zero attached hydrogens (tertiary/aromatic N) is 2. The summed E-state index contributed by atoms with van der Waals surface area (Å²) >= 11 is 12.1. The summed E-state index contributed by atoms with van der Waals surface area (Å²) in [5.74, 6) is -1.36. The molecule has 154 valence electrons. The van der Waals surface area contributed by atoms with Crippen LogP contribution >= 0.6 is 23.2 Å². The first-order chi connectivity index (χ1) is 13.8. The summed E-state index contributed by atoms with van der Waals surface area (Å²) in [5.41, 5.74) is 1.28. The molecule has 2 aromatic rings. The van der Waals surface area contributed by atoms with Gasteiger partial charge in [0.25, 0.3) is 5.91 Å². The average Bonchev–Trinajstić information content (AvgIpc) is 2.69. The van der Waals surface area contributed by atoms with Gasteiger partial charge in [0.05, 0.1) is 10.6 Å². The van der Waals surface area contributed by atoms with Gasteiger partial charge in [-0.15, -0.1) is 0 Å². The molecule has 1 heterocycles. The number of halogens is 3. The van der Waals surface area contributed by atoms with E-state index < -0.39 is 5.97 Å². The fourth-order valence-electron chi connectivity index (χ4n) is 3.58. The van der Waals surface area contributed by atoms with Gasteiger partial charge in [-0.25, -0.2) is 4.39 Å². The van der Waals surface area contributed by atoms with Crippen molar-refractivity contribution in [3.63, 3.8) is 0 Å². The highest BCUT2D eigenvalue weighted by atomic mass is 35.5. The van der Waals surface area contributed by atoms with Gasteiger partial charge in [0, 0.05) is 43.7 Å². The minimum absolute atomic E-state index is 0.0154. The van der Waals surface area contributed by atoms with Crippen LogP contribution in [0.5, 0.6) is 0 Å². The molecule has 0 unspecified atom stereocenters. The van der Waals surface area contributed by atoms with Gasteiger partial charge in [0.2, 0.25) is 0 Å². The van der Waals surface area contributed by atoms with E-state index in [0.29, 0.717) is 48.2 Å². The molecule has 1 atom stereocenters. The fraction of sp³-hybridized carbons (Fsp3) is 0.333. The number of hydrogen-bond donors (Lipinski definition) is 1. The summed E-state index contributed by atoms with van der Waals surface area (Å²) in [6, 6.07) is 10.8. The Bertz CT molecular complexity index is 884. The largest absolute Gasteiger partial charge is 0.481 e. The summed E-state index contributed by atoms with van der Waals surface area (Å²) in [6.07, 6.45) is 0.430. The number of carbonyl (C=O) groups is 2. The number of hydrogen-bond acceptors (Lipinski definition) is 3. The molecular weight excluding hydrogens is 418 g/mol. The van der Waals surface area contributed by atoms with Crippen LogP contribution in [-0.2, 0) is 4.79 Å². The molecule has 1 aliphatic rings. The molecule has 0 spiro atoms. The second-order valence-electron chi connectivity index (χ2n) is 6.95. The van der Waals surface area contributed by atoms with Crippen molar-refractivity contribution in [3.8, 4) is 0 Å². The zero-order chi connectivity index (χ0) is 21.0. The maximum atomic E-state index is 13.3. The van der Waals surface area contributed by atoms with Gasteiger partial charge in [0.15, 0.2) is 0 Å². The Morgan fingerprint density at radius 3 is 2.28 bits per heavy atom. The van der Waals surface area contributed by atoms with Crippen LogP contribution in [0.3, 0.4) is 0 Å². The van der Waals surface area contributed by atoms with E-state index in [1.807, 2.05) is 0 Å². The van der Waals surface area contributed by atoms with E-state index in [2.05, 4.69) is 4.90 Å². The van der Waals surface area contributed by atoms with Crippen LogP contribution in [0.25, 0.3) is 0 Å². The first-order valence-corrected chi connectivity index (χ1v) is 10.1. The van der Waals surface area contributed by atoms with Gasteiger partial charge in [-0.2, -0.15) is 0 Å². The van der Waals surface area contributed by atoms with E-state index in [9.17, 15) is 14.0 Å². The first kappa shape index (κ1) is 21.6. The lowest BCUT2D eigenvalue weighted by molar-refractivity contribution is -0.137. The number of carboxylic acid groups (broad SMARTS) is 1. The van der Waals surface area contributed by atoms with Crippen molar-refractivity contribution in [2.45, 2.75) is 18.9 Å². The molecule has 1 aliphatic heterocycles. The molecule has 0 bridgehead atoms. The molecule has 1 saturated heterocycles. The fourth-order valence-corrected chi connectivity index (χ4v) is 4.06. The molecule has 29 heavy (non-hydrogen) atoms. The first-order valence-electron chi connectivity index (χ1n) is 9.31. The van der Waals surface area contributed by atoms with E-state index in [0.717, 1.165) is 5.56 Å². The number of benzene rings is 2. The number of carboxylic acids is 1. The predicted octanol–water partition coefficient (Wildman–Crippen LogP) is 4.50. The zero-order valence-electron chi connectivity index (χ0n) is 15.7. The lowest BCUT2D eigenvalue weighted by Gasteiger charge is -2.39. The van der Waals surface area contributed by atoms with Gasteiger partial charge in [-0.3, -0.25) is 14.5 Å². The van der Waals surface area contributed by atoms with Crippen LogP contribution in [-0.4, -0.2) is 53.0 Å². The van der Waals surface area contributed by atoms with Crippen molar-refractivity contribution in [1.29, 1.82) is 0 Å². The van der Waals surface area contributed by atoms with Gasteiger partial charge in [0.1, 0.15) is 5.82 Å².